The van der Waals surface area contributed by atoms with Gasteiger partial charge in [0.1, 0.15) is 15.2 Å². The summed E-state index contributed by atoms with van der Waals surface area (Å²) in [6, 6.07) is 11.0. The van der Waals surface area contributed by atoms with Crippen LogP contribution in [0, 0.1) is 6.92 Å². The molecule has 2 aromatic heterocycles. The molecule has 0 radical (unpaired) electrons. The lowest BCUT2D eigenvalue weighted by Gasteiger charge is -2.18. The van der Waals surface area contributed by atoms with E-state index in [0.29, 0.717) is 16.9 Å². The molecule has 2 heterocycles. The van der Waals surface area contributed by atoms with Gasteiger partial charge in [-0.05, 0) is 53.8 Å². The van der Waals surface area contributed by atoms with Crippen molar-refractivity contribution in [2.45, 2.75) is 21.3 Å². The van der Waals surface area contributed by atoms with Crippen LogP contribution in [0.4, 0.5) is 0 Å². The van der Waals surface area contributed by atoms with Gasteiger partial charge in [-0.2, -0.15) is 0 Å². The first-order chi connectivity index (χ1) is 13.8. The fourth-order valence-electron chi connectivity index (χ4n) is 2.85. The van der Waals surface area contributed by atoms with Gasteiger partial charge in [-0.25, -0.2) is 21.6 Å². The zero-order valence-electron chi connectivity index (χ0n) is 15.8. The summed E-state index contributed by atoms with van der Waals surface area (Å²) in [6.07, 6.45) is 2.96. The number of hydrogen-bond donors (Lipinski definition) is 1. The maximum atomic E-state index is 13.1. The number of thiophene rings is 1. The summed E-state index contributed by atoms with van der Waals surface area (Å²) in [5, 5.41) is 0.557. The smallest absolute Gasteiger partial charge is 0.240 e. The number of rotatable bonds is 8. The molecule has 1 N–H and O–H groups in total. The van der Waals surface area contributed by atoms with E-state index in [1.54, 1.807) is 42.6 Å². The molecule has 3 rings (SSSR count). The molecule has 0 saturated carbocycles. The van der Waals surface area contributed by atoms with Crippen LogP contribution in [0.5, 0.6) is 5.75 Å². The van der Waals surface area contributed by atoms with E-state index in [2.05, 4.69) is 9.71 Å². The summed E-state index contributed by atoms with van der Waals surface area (Å²) >= 11 is 1.09. The number of methoxy groups -OCH3 is 1. The van der Waals surface area contributed by atoms with Gasteiger partial charge in [-0.1, -0.05) is 12.1 Å². The van der Waals surface area contributed by atoms with Crippen LogP contribution in [0.1, 0.15) is 16.4 Å². The fraction of sp³-hybridized carbons (Fsp3) is 0.211. The highest BCUT2D eigenvalue weighted by Crippen LogP contribution is 2.31. The lowest BCUT2D eigenvalue weighted by Crippen LogP contribution is -2.32. The SMILES string of the molecule is COc1ccc(S(=O)(=O)NCC(c2cccnc2)S(=O)(=O)c2cccs2)c(C)c1. The molecule has 154 valence electrons. The van der Waals surface area contributed by atoms with Crippen molar-refractivity contribution in [3.8, 4) is 5.75 Å². The van der Waals surface area contributed by atoms with Crippen LogP contribution in [0.3, 0.4) is 0 Å². The van der Waals surface area contributed by atoms with E-state index in [4.69, 9.17) is 4.74 Å². The zero-order chi connectivity index (χ0) is 21.1. The van der Waals surface area contributed by atoms with E-state index in [1.165, 1.54) is 31.6 Å². The van der Waals surface area contributed by atoms with Gasteiger partial charge in [0.2, 0.25) is 10.0 Å². The first-order valence-corrected chi connectivity index (χ1v) is 12.5. The predicted octanol–water partition coefficient (Wildman–Crippen LogP) is 2.95. The number of ether oxygens (including phenoxy) is 1. The Hall–Kier alpha value is -2.27. The molecule has 0 bridgehead atoms. The van der Waals surface area contributed by atoms with Crippen molar-refractivity contribution < 1.29 is 21.6 Å². The topological polar surface area (TPSA) is 102 Å². The molecule has 29 heavy (non-hydrogen) atoms. The second-order valence-corrected chi connectivity index (χ2v) is 11.3. The summed E-state index contributed by atoms with van der Waals surface area (Å²) < 4.78 is 59.7. The monoisotopic (exact) mass is 452 g/mol. The molecule has 0 aliphatic rings. The van der Waals surface area contributed by atoms with E-state index in [0.717, 1.165) is 11.3 Å². The van der Waals surface area contributed by atoms with Crippen molar-refractivity contribution in [1.82, 2.24) is 9.71 Å². The summed E-state index contributed by atoms with van der Waals surface area (Å²) in [7, 11) is -6.24. The number of nitrogens with one attached hydrogen (secondary N) is 1. The van der Waals surface area contributed by atoms with Gasteiger partial charge in [-0.15, -0.1) is 11.3 Å². The minimum atomic E-state index is -3.94. The number of pyridine rings is 1. The number of benzene rings is 1. The summed E-state index contributed by atoms with van der Waals surface area (Å²) in [4.78, 5) is 4.05. The van der Waals surface area contributed by atoms with Crippen molar-refractivity contribution in [2.75, 3.05) is 13.7 Å². The van der Waals surface area contributed by atoms with E-state index in [-0.39, 0.29) is 15.6 Å². The molecule has 1 unspecified atom stereocenters. The third-order valence-corrected chi connectivity index (χ3v) is 9.45. The lowest BCUT2D eigenvalue weighted by atomic mass is 10.2. The van der Waals surface area contributed by atoms with Crippen molar-refractivity contribution in [2.24, 2.45) is 0 Å². The molecule has 3 aromatic rings. The molecule has 1 atom stereocenters. The van der Waals surface area contributed by atoms with Crippen LogP contribution in [0.25, 0.3) is 0 Å². The maximum Gasteiger partial charge on any atom is 0.240 e. The molecule has 0 aliphatic heterocycles. The second kappa shape index (κ2) is 8.62. The molecule has 0 aliphatic carbocycles. The summed E-state index contributed by atoms with van der Waals surface area (Å²) in [5.74, 6) is 0.537. The van der Waals surface area contributed by atoms with Gasteiger partial charge in [0, 0.05) is 18.9 Å². The molecule has 7 nitrogen and oxygen atoms in total. The van der Waals surface area contributed by atoms with Crippen LogP contribution in [0.15, 0.2) is 69.3 Å². The predicted molar refractivity (Wildman–Crippen MR) is 111 cm³/mol. The quantitative estimate of drug-likeness (QED) is 0.564. The minimum Gasteiger partial charge on any atom is -0.497 e. The van der Waals surface area contributed by atoms with E-state index >= 15 is 0 Å². The third kappa shape index (κ3) is 4.67. The second-order valence-electron chi connectivity index (χ2n) is 6.24. The minimum absolute atomic E-state index is 0.0664. The lowest BCUT2D eigenvalue weighted by molar-refractivity contribution is 0.414. The number of hydrogen-bond acceptors (Lipinski definition) is 7. The van der Waals surface area contributed by atoms with Crippen molar-refractivity contribution in [3.05, 3.63) is 71.4 Å². The van der Waals surface area contributed by atoms with E-state index in [1.807, 2.05) is 0 Å². The number of nitrogens with zero attached hydrogens (tertiary/aromatic N) is 1. The molecule has 0 fully saturated rings. The Morgan fingerprint density at radius 1 is 1.14 bits per heavy atom. The highest BCUT2D eigenvalue weighted by Gasteiger charge is 2.32. The van der Waals surface area contributed by atoms with Gasteiger partial charge in [0.15, 0.2) is 9.84 Å². The summed E-state index contributed by atoms with van der Waals surface area (Å²) in [6.45, 7) is 1.33. The first-order valence-electron chi connectivity index (χ1n) is 8.57. The Morgan fingerprint density at radius 3 is 2.52 bits per heavy atom. The Balaban J connectivity index is 1.93. The van der Waals surface area contributed by atoms with Crippen molar-refractivity contribution >= 4 is 31.2 Å². The molecule has 10 heteroatoms. The average Bonchev–Trinajstić information content (AvgIpc) is 3.24. The highest BCUT2D eigenvalue weighted by atomic mass is 32.2. The third-order valence-electron chi connectivity index (χ3n) is 4.34. The Labute approximate surface area is 174 Å². The molecule has 0 spiro atoms. The van der Waals surface area contributed by atoms with Gasteiger partial charge in [0.25, 0.3) is 0 Å². The van der Waals surface area contributed by atoms with E-state index < -0.39 is 25.1 Å². The molecular weight excluding hydrogens is 432 g/mol. The number of sulfone groups is 1. The fourth-order valence-corrected chi connectivity index (χ4v) is 7.08. The molecule has 0 saturated heterocycles. The average molecular weight is 453 g/mol. The van der Waals surface area contributed by atoms with Crippen molar-refractivity contribution in [1.29, 1.82) is 0 Å². The molecule has 0 amide bonds. The van der Waals surface area contributed by atoms with Gasteiger partial charge < -0.3 is 4.74 Å². The standard InChI is InChI=1S/C19H20N2O5S3/c1-14-11-16(26-2)7-8-17(14)29(24,25)21-13-18(15-5-3-9-20-12-15)28(22,23)19-6-4-10-27-19/h3-12,18,21H,13H2,1-2H3. The number of aryl methyl sites for hydroxylation is 1. The highest BCUT2D eigenvalue weighted by molar-refractivity contribution is 7.93. The van der Waals surface area contributed by atoms with Crippen LogP contribution in [-0.4, -0.2) is 35.5 Å². The Kier molecular flexibility index (Phi) is 6.37. The first kappa shape index (κ1) is 21.4. The van der Waals surface area contributed by atoms with Crippen LogP contribution in [0.2, 0.25) is 0 Å². The largest absolute Gasteiger partial charge is 0.497 e. The van der Waals surface area contributed by atoms with Crippen LogP contribution in [-0.2, 0) is 19.9 Å². The molecular formula is C19H20N2O5S3. The maximum absolute atomic E-state index is 13.1. The number of sulfonamides is 1. The Bertz CT molecular complexity index is 1180. The van der Waals surface area contributed by atoms with Crippen LogP contribution < -0.4 is 9.46 Å². The van der Waals surface area contributed by atoms with Gasteiger partial charge >= 0.3 is 0 Å². The van der Waals surface area contributed by atoms with Crippen LogP contribution >= 0.6 is 11.3 Å². The number of aromatic nitrogens is 1. The summed E-state index contributed by atoms with van der Waals surface area (Å²) in [5.41, 5.74) is 0.908. The molecule has 1 aromatic carbocycles. The van der Waals surface area contributed by atoms with Crippen molar-refractivity contribution in [3.63, 3.8) is 0 Å². The van der Waals surface area contributed by atoms with E-state index in [9.17, 15) is 16.8 Å². The van der Waals surface area contributed by atoms with Gasteiger partial charge in [-0.3, -0.25) is 4.98 Å². The normalized spacial score (nSPS) is 13.2. The zero-order valence-corrected chi connectivity index (χ0v) is 18.2. The Morgan fingerprint density at radius 2 is 1.93 bits per heavy atom. The van der Waals surface area contributed by atoms with Gasteiger partial charge in [0.05, 0.1) is 12.0 Å².